The molecule has 0 aliphatic carbocycles. The van der Waals surface area contributed by atoms with Gasteiger partial charge >= 0.3 is 17.9 Å². The Balaban J connectivity index is 4.24. The van der Waals surface area contributed by atoms with Crippen molar-refractivity contribution in [3.8, 4) is 0 Å². The van der Waals surface area contributed by atoms with Crippen molar-refractivity contribution >= 4 is 17.9 Å². The topological polar surface area (TPSA) is 78.9 Å². The molecule has 6 heteroatoms. The average Bonchev–Trinajstić information content (AvgIpc) is 3.14. The molecule has 0 unspecified atom stereocenters. The van der Waals surface area contributed by atoms with E-state index in [1.54, 1.807) is 0 Å². The van der Waals surface area contributed by atoms with Crippen LogP contribution in [-0.2, 0) is 28.6 Å². The molecule has 0 N–H and O–H groups in total. The SMILES string of the molecule is CCCCCCCCCCCCCCCCCCC(=O)O[C@H](COC(=O)CCCCCCCCC)COC(=O)CCCCCCCCCCCC(C)C. The van der Waals surface area contributed by atoms with Crippen LogP contribution >= 0.6 is 0 Å². The molecule has 0 rings (SSSR count). The minimum atomic E-state index is -0.758. The van der Waals surface area contributed by atoms with Crippen LogP contribution in [0.25, 0.3) is 0 Å². The number of hydrogen-bond acceptors (Lipinski definition) is 6. The summed E-state index contributed by atoms with van der Waals surface area (Å²) in [7, 11) is 0. The highest BCUT2D eigenvalue weighted by Crippen LogP contribution is 2.16. The lowest BCUT2D eigenvalue weighted by molar-refractivity contribution is -0.167. The summed E-state index contributed by atoms with van der Waals surface area (Å²) < 4.78 is 16.7. The minimum absolute atomic E-state index is 0.0644. The second-order valence-electron chi connectivity index (χ2n) is 16.5. The van der Waals surface area contributed by atoms with E-state index in [0.717, 1.165) is 63.7 Å². The van der Waals surface area contributed by atoms with Crippen molar-refractivity contribution in [1.82, 2.24) is 0 Å². The summed E-state index contributed by atoms with van der Waals surface area (Å²) in [6.45, 7) is 8.94. The number of hydrogen-bond donors (Lipinski definition) is 0. The van der Waals surface area contributed by atoms with E-state index >= 15 is 0 Å². The van der Waals surface area contributed by atoms with Crippen molar-refractivity contribution in [1.29, 1.82) is 0 Å². The van der Waals surface area contributed by atoms with E-state index in [1.807, 2.05) is 0 Å². The zero-order valence-corrected chi connectivity index (χ0v) is 36.0. The highest BCUT2D eigenvalue weighted by Gasteiger charge is 2.19. The van der Waals surface area contributed by atoms with Crippen LogP contribution in [-0.4, -0.2) is 37.2 Å². The molecule has 0 aromatic rings. The van der Waals surface area contributed by atoms with E-state index in [0.29, 0.717) is 19.3 Å². The first-order chi connectivity index (χ1) is 25.9. The molecular formula is C47H90O6. The van der Waals surface area contributed by atoms with E-state index in [2.05, 4.69) is 27.7 Å². The number of ether oxygens (including phenoxy) is 3. The summed E-state index contributed by atoms with van der Waals surface area (Å²) >= 11 is 0. The Kier molecular flexibility index (Phi) is 40.3. The second kappa shape index (κ2) is 41.6. The molecule has 0 aliphatic rings. The first kappa shape index (κ1) is 51.4. The maximum atomic E-state index is 12.7. The molecule has 0 heterocycles. The first-order valence-electron chi connectivity index (χ1n) is 23.4. The fourth-order valence-corrected chi connectivity index (χ4v) is 6.98. The second-order valence-corrected chi connectivity index (χ2v) is 16.5. The van der Waals surface area contributed by atoms with Gasteiger partial charge in [0.2, 0.25) is 0 Å². The maximum Gasteiger partial charge on any atom is 0.306 e. The Labute approximate surface area is 329 Å². The number of carbonyl (C=O) groups excluding carboxylic acids is 3. The molecule has 0 amide bonds. The van der Waals surface area contributed by atoms with Crippen molar-refractivity contribution < 1.29 is 28.6 Å². The standard InChI is InChI=1S/C47H90O6/c1-5-7-9-11-13-14-15-16-17-18-19-20-23-28-32-36-40-47(50)53-44(41-51-45(48)38-34-30-25-12-10-8-6-2)42-52-46(49)39-35-31-27-24-21-22-26-29-33-37-43(3)4/h43-44H,5-42H2,1-4H3/t44-/m1/s1. The van der Waals surface area contributed by atoms with Crippen molar-refractivity contribution in [2.45, 2.75) is 265 Å². The Morgan fingerprint density at radius 2 is 0.623 bits per heavy atom. The molecule has 0 aromatic heterocycles. The van der Waals surface area contributed by atoms with Gasteiger partial charge in [-0.2, -0.15) is 0 Å². The summed E-state index contributed by atoms with van der Waals surface area (Å²) in [5.74, 6) is -0.0507. The van der Waals surface area contributed by atoms with Gasteiger partial charge < -0.3 is 14.2 Å². The number of rotatable bonds is 42. The minimum Gasteiger partial charge on any atom is -0.462 e. The molecule has 0 saturated heterocycles. The van der Waals surface area contributed by atoms with E-state index < -0.39 is 6.10 Å². The van der Waals surface area contributed by atoms with Crippen LogP contribution in [0.15, 0.2) is 0 Å². The van der Waals surface area contributed by atoms with E-state index in [-0.39, 0.29) is 31.1 Å². The van der Waals surface area contributed by atoms with Crippen LogP contribution in [0.2, 0.25) is 0 Å². The molecule has 0 bridgehead atoms. The highest BCUT2D eigenvalue weighted by molar-refractivity contribution is 5.71. The number of carbonyl (C=O) groups is 3. The van der Waals surface area contributed by atoms with Gasteiger partial charge in [-0.1, -0.05) is 220 Å². The molecule has 0 fully saturated rings. The van der Waals surface area contributed by atoms with Gasteiger partial charge in [-0.3, -0.25) is 14.4 Å². The zero-order chi connectivity index (χ0) is 38.9. The quantitative estimate of drug-likeness (QED) is 0.0351. The van der Waals surface area contributed by atoms with Crippen LogP contribution in [0.1, 0.15) is 259 Å². The van der Waals surface area contributed by atoms with Gasteiger partial charge in [0.25, 0.3) is 0 Å². The van der Waals surface area contributed by atoms with Crippen LogP contribution in [0, 0.1) is 5.92 Å². The number of esters is 3. The molecule has 0 aromatic carbocycles. The van der Waals surface area contributed by atoms with Gasteiger partial charge in [-0.25, -0.2) is 0 Å². The third kappa shape index (κ3) is 41.4. The van der Waals surface area contributed by atoms with Gasteiger partial charge in [0.1, 0.15) is 13.2 Å². The fraction of sp³-hybridized carbons (Fsp3) is 0.936. The van der Waals surface area contributed by atoms with Crippen LogP contribution in [0.4, 0.5) is 0 Å². The van der Waals surface area contributed by atoms with Gasteiger partial charge in [0.05, 0.1) is 0 Å². The lowest BCUT2D eigenvalue weighted by atomic mass is 10.0. The summed E-state index contributed by atoms with van der Waals surface area (Å²) in [4.78, 5) is 37.6. The van der Waals surface area contributed by atoms with Crippen molar-refractivity contribution in [2.24, 2.45) is 5.92 Å². The number of unbranched alkanes of at least 4 members (excludes halogenated alkanes) is 29. The fourth-order valence-electron chi connectivity index (χ4n) is 6.98. The first-order valence-corrected chi connectivity index (χ1v) is 23.4. The van der Waals surface area contributed by atoms with E-state index in [9.17, 15) is 14.4 Å². The summed E-state index contributed by atoms with van der Waals surface area (Å²) in [5, 5.41) is 0. The third-order valence-electron chi connectivity index (χ3n) is 10.5. The largest absolute Gasteiger partial charge is 0.462 e. The zero-order valence-electron chi connectivity index (χ0n) is 36.0. The summed E-state index contributed by atoms with van der Waals surface area (Å²) in [5.41, 5.74) is 0. The third-order valence-corrected chi connectivity index (χ3v) is 10.5. The van der Waals surface area contributed by atoms with E-state index in [1.165, 1.54) is 154 Å². The normalized spacial score (nSPS) is 11.9. The molecule has 0 saturated carbocycles. The van der Waals surface area contributed by atoms with E-state index in [4.69, 9.17) is 14.2 Å². The lowest BCUT2D eigenvalue weighted by Gasteiger charge is -2.18. The molecule has 6 nitrogen and oxygen atoms in total. The Morgan fingerprint density at radius 3 is 0.925 bits per heavy atom. The van der Waals surface area contributed by atoms with Crippen LogP contribution in [0.5, 0.6) is 0 Å². The monoisotopic (exact) mass is 751 g/mol. The molecule has 0 aliphatic heterocycles. The maximum absolute atomic E-state index is 12.7. The summed E-state index contributed by atoms with van der Waals surface area (Å²) in [6, 6.07) is 0. The van der Waals surface area contributed by atoms with Gasteiger partial charge in [0.15, 0.2) is 6.10 Å². The molecule has 0 spiro atoms. The van der Waals surface area contributed by atoms with Gasteiger partial charge in [-0.15, -0.1) is 0 Å². The molecule has 53 heavy (non-hydrogen) atoms. The smallest absolute Gasteiger partial charge is 0.306 e. The van der Waals surface area contributed by atoms with Gasteiger partial charge in [0, 0.05) is 19.3 Å². The van der Waals surface area contributed by atoms with Gasteiger partial charge in [-0.05, 0) is 25.2 Å². The predicted molar refractivity (Wildman–Crippen MR) is 224 cm³/mol. The van der Waals surface area contributed by atoms with Crippen molar-refractivity contribution in [3.05, 3.63) is 0 Å². The highest BCUT2D eigenvalue weighted by atomic mass is 16.6. The molecule has 1 atom stereocenters. The summed E-state index contributed by atoms with van der Waals surface area (Å²) in [6.07, 6.45) is 41.0. The Morgan fingerprint density at radius 1 is 0.358 bits per heavy atom. The van der Waals surface area contributed by atoms with Crippen molar-refractivity contribution in [3.63, 3.8) is 0 Å². The lowest BCUT2D eigenvalue weighted by Crippen LogP contribution is -2.30. The predicted octanol–water partition coefficient (Wildman–Crippen LogP) is 14.7. The Bertz CT molecular complexity index is 796. The van der Waals surface area contributed by atoms with Crippen molar-refractivity contribution in [2.75, 3.05) is 13.2 Å². The molecular weight excluding hydrogens is 661 g/mol. The molecule has 314 valence electrons. The van der Waals surface area contributed by atoms with Crippen LogP contribution < -0.4 is 0 Å². The average molecular weight is 751 g/mol. The molecule has 0 radical (unpaired) electrons. The Hall–Kier alpha value is -1.59. The van der Waals surface area contributed by atoms with Crippen LogP contribution in [0.3, 0.4) is 0 Å².